The number of halogens is 3. The first-order chi connectivity index (χ1) is 8.84. The van der Waals surface area contributed by atoms with Crippen LogP contribution in [0.25, 0.3) is 0 Å². The van der Waals surface area contributed by atoms with E-state index in [0.29, 0.717) is 0 Å². The van der Waals surface area contributed by atoms with Gasteiger partial charge >= 0.3 is 0 Å². The van der Waals surface area contributed by atoms with Gasteiger partial charge in [-0.15, -0.1) is 0 Å². The van der Waals surface area contributed by atoms with Crippen molar-refractivity contribution in [1.29, 1.82) is 0 Å². The smallest absolute Gasteiger partial charge is 0.0598 e. The minimum Gasteiger partial charge on any atom is -0.376 e. The maximum absolute atomic E-state index is 5.89. The molecule has 0 saturated carbocycles. The first kappa shape index (κ1) is 17.7. The van der Waals surface area contributed by atoms with Gasteiger partial charge in [-0.25, -0.2) is 0 Å². The minimum absolute atomic E-state index is 0.0470. The van der Waals surface area contributed by atoms with Gasteiger partial charge in [0.25, 0.3) is 0 Å². The highest BCUT2D eigenvalue weighted by Gasteiger charge is 2.32. The zero-order valence-electron chi connectivity index (χ0n) is 11.7. The molecule has 0 spiro atoms. The summed E-state index contributed by atoms with van der Waals surface area (Å²) in [5.41, 5.74) is 1.28. The van der Waals surface area contributed by atoms with Crippen molar-refractivity contribution in [2.75, 3.05) is 17.3 Å². The monoisotopic (exact) mass is 454 g/mol. The van der Waals surface area contributed by atoms with Crippen LogP contribution in [0.1, 0.15) is 32.8 Å². The van der Waals surface area contributed by atoms with Crippen LogP contribution < -0.4 is 0 Å². The van der Waals surface area contributed by atoms with Crippen LogP contribution in [-0.4, -0.2) is 22.9 Å². The number of ether oxygens (including phenoxy) is 1. The molecule has 108 valence electrons. The maximum atomic E-state index is 5.89. The Morgan fingerprint density at radius 2 is 1.63 bits per heavy atom. The van der Waals surface area contributed by atoms with Gasteiger partial charge in [0.05, 0.1) is 5.60 Å². The zero-order chi connectivity index (χ0) is 14.5. The highest BCUT2D eigenvalue weighted by Crippen LogP contribution is 2.37. The molecule has 0 heterocycles. The van der Waals surface area contributed by atoms with Gasteiger partial charge in [0.15, 0.2) is 0 Å². The fourth-order valence-electron chi connectivity index (χ4n) is 1.89. The van der Waals surface area contributed by atoms with Gasteiger partial charge < -0.3 is 4.74 Å². The van der Waals surface area contributed by atoms with Crippen LogP contribution in [-0.2, 0) is 10.2 Å². The molecule has 19 heavy (non-hydrogen) atoms. The second-order valence-electron chi connectivity index (χ2n) is 5.74. The molecule has 0 aliphatic heterocycles. The highest BCUT2D eigenvalue weighted by atomic mass is 79.9. The average molecular weight is 457 g/mol. The number of hydrogen-bond acceptors (Lipinski definition) is 1. The van der Waals surface area contributed by atoms with Gasteiger partial charge in [0, 0.05) is 27.2 Å². The molecule has 0 aliphatic carbocycles. The molecule has 0 bridgehead atoms. The third-order valence-electron chi connectivity index (χ3n) is 3.07. The second kappa shape index (κ2) is 7.58. The summed E-state index contributed by atoms with van der Waals surface area (Å²) in [6.07, 6.45) is 0.976. The molecule has 1 aromatic rings. The van der Waals surface area contributed by atoms with Crippen molar-refractivity contribution < 1.29 is 4.74 Å². The van der Waals surface area contributed by atoms with Crippen molar-refractivity contribution >= 4 is 47.8 Å². The summed E-state index contributed by atoms with van der Waals surface area (Å²) in [4.78, 5) is 0. The molecule has 0 amide bonds. The van der Waals surface area contributed by atoms with Gasteiger partial charge in [0.2, 0.25) is 0 Å². The molecule has 1 rings (SSSR count). The van der Waals surface area contributed by atoms with E-state index in [4.69, 9.17) is 4.74 Å². The van der Waals surface area contributed by atoms with Crippen molar-refractivity contribution in [2.24, 2.45) is 0 Å². The fraction of sp³-hybridized carbons (Fsp3) is 0.600. The second-order valence-corrected chi connectivity index (χ2v) is 7.71. The summed E-state index contributed by atoms with van der Waals surface area (Å²) in [6.45, 7) is 7.03. The first-order valence-electron chi connectivity index (χ1n) is 6.35. The normalized spacial score (nSPS) is 12.7. The lowest BCUT2D eigenvalue weighted by Crippen LogP contribution is -2.33. The third kappa shape index (κ3) is 5.14. The molecule has 1 nitrogen and oxygen atoms in total. The maximum Gasteiger partial charge on any atom is 0.0598 e. The number of hydrogen-bond donors (Lipinski definition) is 0. The van der Waals surface area contributed by atoms with E-state index in [-0.39, 0.29) is 11.0 Å². The summed E-state index contributed by atoms with van der Waals surface area (Å²) in [6, 6.07) is 8.42. The van der Waals surface area contributed by atoms with E-state index in [1.54, 1.807) is 0 Å². The Morgan fingerprint density at radius 3 is 2.11 bits per heavy atom. The molecule has 0 saturated heterocycles. The van der Waals surface area contributed by atoms with Gasteiger partial charge in [0.1, 0.15) is 0 Å². The molecule has 0 unspecified atom stereocenters. The van der Waals surface area contributed by atoms with E-state index in [2.05, 4.69) is 86.8 Å². The highest BCUT2D eigenvalue weighted by molar-refractivity contribution is 9.10. The van der Waals surface area contributed by atoms with Crippen LogP contribution in [0.3, 0.4) is 0 Å². The number of rotatable bonds is 6. The van der Waals surface area contributed by atoms with E-state index in [9.17, 15) is 0 Å². The Labute approximate surface area is 141 Å². The van der Waals surface area contributed by atoms with Crippen molar-refractivity contribution in [3.63, 3.8) is 0 Å². The molecule has 0 aromatic heterocycles. The minimum atomic E-state index is -0.0850. The largest absolute Gasteiger partial charge is 0.376 e. The lowest BCUT2D eigenvalue weighted by molar-refractivity contribution is -0.00943. The van der Waals surface area contributed by atoms with E-state index < -0.39 is 0 Å². The first-order valence-corrected chi connectivity index (χ1v) is 9.39. The lowest BCUT2D eigenvalue weighted by Gasteiger charge is -2.33. The van der Waals surface area contributed by atoms with Gasteiger partial charge in [-0.05, 0) is 38.8 Å². The third-order valence-corrected chi connectivity index (χ3v) is 5.91. The summed E-state index contributed by atoms with van der Waals surface area (Å²) < 4.78 is 7.05. The van der Waals surface area contributed by atoms with Crippen molar-refractivity contribution in [2.45, 2.75) is 38.2 Å². The Balaban J connectivity index is 2.89. The number of benzene rings is 1. The van der Waals surface area contributed by atoms with Crippen LogP contribution in [0.2, 0.25) is 0 Å². The summed E-state index contributed by atoms with van der Waals surface area (Å²) in [7, 11) is 0. The molecular formula is C15H21Br3O. The Kier molecular flexibility index (Phi) is 7.05. The SMILES string of the molecule is CC(C)(C)OCCC(CBr)(CBr)c1ccccc1Br. The molecule has 0 aliphatic rings. The molecule has 4 heteroatoms. The van der Waals surface area contributed by atoms with Crippen LogP contribution in [0, 0.1) is 0 Å². The Bertz CT molecular complexity index is 395. The van der Waals surface area contributed by atoms with Crippen LogP contribution in [0.15, 0.2) is 28.7 Å². The molecule has 0 radical (unpaired) electrons. The average Bonchev–Trinajstić information content (AvgIpc) is 2.35. The standard InChI is InChI=1S/C15H21Br3O/c1-14(2,3)19-9-8-15(10-16,11-17)12-6-4-5-7-13(12)18/h4-7H,8-11H2,1-3H3. The van der Waals surface area contributed by atoms with Gasteiger partial charge in [-0.1, -0.05) is 66.0 Å². The van der Waals surface area contributed by atoms with Crippen molar-refractivity contribution in [3.8, 4) is 0 Å². The quantitative estimate of drug-likeness (QED) is 0.500. The van der Waals surface area contributed by atoms with E-state index in [1.165, 1.54) is 5.56 Å². The summed E-state index contributed by atoms with van der Waals surface area (Å²) in [5.74, 6) is 0. The lowest BCUT2D eigenvalue weighted by atomic mass is 9.81. The van der Waals surface area contributed by atoms with Crippen molar-refractivity contribution in [3.05, 3.63) is 34.3 Å². The van der Waals surface area contributed by atoms with Gasteiger partial charge in [-0.3, -0.25) is 0 Å². The molecular weight excluding hydrogens is 436 g/mol. The summed E-state index contributed by atoms with van der Waals surface area (Å²) >= 11 is 11.0. The van der Waals surface area contributed by atoms with Crippen molar-refractivity contribution in [1.82, 2.24) is 0 Å². The van der Waals surface area contributed by atoms with E-state index in [0.717, 1.165) is 28.2 Å². The predicted molar refractivity (Wildman–Crippen MR) is 93.7 cm³/mol. The predicted octanol–water partition coefficient (Wildman–Crippen LogP) is 5.68. The van der Waals surface area contributed by atoms with Gasteiger partial charge in [-0.2, -0.15) is 0 Å². The topological polar surface area (TPSA) is 9.23 Å². The molecule has 0 fully saturated rings. The van der Waals surface area contributed by atoms with Crippen LogP contribution in [0.5, 0.6) is 0 Å². The number of alkyl halides is 2. The fourth-order valence-corrected chi connectivity index (χ4v) is 4.69. The zero-order valence-corrected chi connectivity index (χ0v) is 16.4. The molecule has 1 aromatic carbocycles. The Morgan fingerprint density at radius 1 is 1.05 bits per heavy atom. The van der Waals surface area contributed by atoms with Crippen LogP contribution >= 0.6 is 47.8 Å². The molecule has 0 N–H and O–H groups in total. The van der Waals surface area contributed by atoms with E-state index >= 15 is 0 Å². The summed E-state index contributed by atoms with van der Waals surface area (Å²) in [5, 5.41) is 1.81. The Hall–Kier alpha value is 0.620. The van der Waals surface area contributed by atoms with E-state index in [1.807, 2.05) is 6.07 Å². The van der Waals surface area contributed by atoms with Crippen LogP contribution in [0.4, 0.5) is 0 Å². The molecule has 0 atom stereocenters.